The second kappa shape index (κ2) is 8.74. The summed E-state index contributed by atoms with van der Waals surface area (Å²) < 4.78 is 0. The molecule has 0 aromatic heterocycles. The molecule has 0 bridgehead atoms. The van der Waals surface area contributed by atoms with Crippen LogP contribution in [0, 0.1) is 0 Å². The molecule has 1 fully saturated rings. The summed E-state index contributed by atoms with van der Waals surface area (Å²) in [6, 6.07) is -0.0221. The van der Waals surface area contributed by atoms with Crippen LogP contribution in [-0.4, -0.2) is 30.1 Å². The van der Waals surface area contributed by atoms with Gasteiger partial charge in [-0.3, -0.25) is 0 Å². The van der Waals surface area contributed by atoms with E-state index in [1.165, 1.54) is 32.1 Å². The molecule has 1 saturated carbocycles. The number of rotatable bonds is 6. The van der Waals surface area contributed by atoms with Crippen LogP contribution < -0.4 is 10.6 Å². The lowest BCUT2D eigenvalue weighted by atomic mass is 10.0. The van der Waals surface area contributed by atoms with E-state index in [0.717, 1.165) is 30.5 Å². The first kappa shape index (κ1) is 13.7. The molecule has 0 atom stereocenters. The minimum Gasteiger partial charge on any atom is -0.338 e. The van der Waals surface area contributed by atoms with Crippen LogP contribution >= 0.6 is 11.8 Å². The molecule has 4 heteroatoms. The van der Waals surface area contributed by atoms with Gasteiger partial charge in [-0.05, 0) is 19.3 Å². The van der Waals surface area contributed by atoms with Crippen molar-refractivity contribution < 1.29 is 4.79 Å². The Hall–Kier alpha value is -0.380. The molecule has 0 heterocycles. The van der Waals surface area contributed by atoms with Gasteiger partial charge in [0.2, 0.25) is 0 Å². The predicted octanol–water partition coefficient (Wildman–Crippen LogP) is 2.76. The normalized spacial score (nSPS) is 17.1. The number of carbonyl (C=O) groups excluding carboxylic acids is 1. The average molecular weight is 244 g/mol. The fourth-order valence-electron chi connectivity index (χ4n) is 1.92. The molecule has 1 aliphatic rings. The first-order valence-electron chi connectivity index (χ1n) is 6.46. The van der Waals surface area contributed by atoms with Crippen molar-refractivity contribution in [2.75, 3.05) is 18.8 Å². The first-order valence-corrected chi connectivity index (χ1v) is 7.51. The van der Waals surface area contributed by atoms with Crippen LogP contribution in [0.15, 0.2) is 0 Å². The Morgan fingerprint density at radius 1 is 1.19 bits per heavy atom. The van der Waals surface area contributed by atoms with Gasteiger partial charge in [-0.25, -0.2) is 4.79 Å². The van der Waals surface area contributed by atoms with E-state index in [2.05, 4.69) is 17.6 Å². The van der Waals surface area contributed by atoms with Gasteiger partial charge < -0.3 is 10.6 Å². The van der Waals surface area contributed by atoms with E-state index in [1.54, 1.807) is 0 Å². The lowest BCUT2D eigenvalue weighted by Gasteiger charge is -2.20. The van der Waals surface area contributed by atoms with Gasteiger partial charge in [0.1, 0.15) is 0 Å². The van der Waals surface area contributed by atoms with Crippen molar-refractivity contribution in [1.82, 2.24) is 10.6 Å². The van der Waals surface area contributed by atoms with Gasteiger partial charge in [-0.15, -0.1) is 0 Å². The zero-order valence-electron chi connectivity index (χ0n) is 10.3. The van der Waals surface area contributed by atoms with Crippen LogP contribution in [0.3, 0.4) is 0 Å². The molecule has 0 aliphatic heterocycles. The molecule has 1 aliphatic carbocycles. The van der Waals surface area contributed by atoms with E-state index in [9.17, 15) is 4.79 Å². The second-order valence-corrected chi connectivity index (χ2v) is 5.72. The molecule has 0 saturated heterocycles. The predicted molar refractivity (Wildman–Crippen MR) is 71.0 cm³/mol. The highest BCUT2D eigenvalue weighted by molar-refractivity contribution is 7.99. The Balaban J connectivity index is 1.92. The minimum absolute atomic E-state index is 0.0221. The summed E-state index contributed by atoms with van der Waals surface area (Å²) in [5.74, 6) is 1.05. The van der Waals surface area contributed by atoms with Crippen molar-refractivity contribution in [2.24, 2.45) is 0 Å². The molecule has 0 spiro atoms. The molecule has 94 valence electrons. The summed E-state index contributed by atoms with van der Waals surface area (Å²) >= 11 is 2.02. The quantitative estimate of drug-likeness (QED) is 0.705. The molecule has 0 radical (unpaired) electrons. The average Bonchev–Trinajstić information content (AvgIpc) is 2.33. The second-order valence-electron chi connectivity index (χ2n) is 4.31. The number of hydrogen-bond acceptors (Lipinski definition) is 2. The van der Waals surface area contributed by atoms with Crippen molar-refractivity contribution in [1.29, 1.82) is 0 Å². The lowest BCUT2D eigenvalue weighted by molar-refractivity contribution is 0.241. The molecule has 3 nitrogen and oxygen atoms in total. The summed E-state index contributed by atoms with van der Waals surface area (Å²) in [7, 11) is 0. The van der Waals surface area contributed by atoms with Crippen LogP contribution in [0.4, 0.5) is 4.79 Å². The molecule has 2 amide bonds. The van der Waals surface area contributed by atoms with Crippen molar-refractivity contribution in [2.45, 2.75) is 50.7 Å². The third kappa shape index (κ3) is 6.26. The molecule has 0 aromatic carbocycles. The van der Waals surface area contributed by atoms with Crippen molar-refractivity contribution in [3.8, 4) is 0 Å². The standard InChI is InChI=1S/C12H24N2OS/c1-2-8-13-12(15)14-9-10-16-11-6-4-3-5-7-11/h11H,2-10H2,1H3,(H2,13,14,15). The Labute approximate surface area is 103 Å². The van der Waals surface area contributed by atoms with Crippen LogP contribution in [-0.2, 0) is 0 Å². The maximum atomic E-state index is 11.2. The Bertz CT molecular complexity index is 193. The molecule has 16 heavy (non-hydrogen) atoms. The molecular weight excluding hydrogens is 220 g/mol. The Morgan fingerprint density at radius 3 is 2.56 bits per heavy atom. The minimum atomic E-state index is -0.0221. The van der Waals surface area contributed by atoms with Gasteiger partial charge >= 0.3 is 6.03 Å². The van der Waals surface area contributed by atoms with Crippen LogP contribution in [0.5, 0.6) is 0 Å². The first-order chi connectivity index (χ1) is 7.83. The maximum Gasteiger partial charge on any atom is 0.314 e. The van der Waals surface area contributed by atoms with Gasteiger partial charge in [0.15, 0.2) is 0 Å². The highest BCUT2D eigenvalue weighted by Gasteiger charge is 2.13. The van der Waals surface area contributed by atoms with E-state index in [1.807, 2.05) is 11.8 Å². The molecular formula is C12H24N2OS. The zero-order valence-corrected chi connectivity index (χ0v) is 11.1. The topological polar surface area (TPSA) is 41.1 Å². The molecule has 0 unspecified atom stereocenters. The number of hydrogen-bond donors (Lipinski definition) is 2. The summed E-state index contributed by atoms with van der Waals surface area (Å²) in [6.07, 6.45) is 7.92. The van der Waals surface area contributed by atoms with Gasteiger partial charge in [0.25, 0.3) is 0 Å². The third-order valence-corrected chi connectivity index (χ3v) is 4.21. The maximum absolute atomic E-state index is 11.2. The fourth-order valence-corrected chi connectivity index (χ4v) is 3.14. The summed E-state index contributed by atoms with van der Waals surface area (Å²) in [5.41, 5.74) is 0. The number of amides is 2. The summed E-state index contributed by atoms with van der Waals surface area (Å²) in [6.45, 7) is 3.61. The lowest BCUT2D eigenvalue weighted by Crippen LogP contribution is -2.37. The summed E-state index contributed by atoms with van der Waals surface area (Å²) in [5, 5.41) is 6.54. The van der Waals surface area contributed by atoms with Gasteiger partial charge in [0, 0.05) is 24.1 Å². The Morgan fingerprint density at radius 2 is 1.88 bits per heavy atom. The van der Waals surface area contributed by atoms with Crippen molar-refractivity contribution in [3.05, 3.63) is 0 Å². The zero-order chi connectivity index (χ0) is 11.6. The van der Waals surface area contributed by atoms with Crippen LogP contribution in [0.2, 0.25) is 0 Å². The van der Waals surface area contributed by atoms with E-state index in [-0.39, 0.29) is 6.03 Å². The van der Waals surface area contributed by atoms with E-state index < -0.39 is 0 Å². The number of carbonyl (C=O) groups is 1. The van der Waals surface area contributed by atoms with Crippen molar-refractivity contribution >= 4 is 17.8 Å². The number of thioether (sulfide) groups is 1. The van der Waals surface area contributed by atoms with Gasteiger partial charge in [-0.2, -0.15) is 11.8 Å². The van der Waals surface area contributed by atoms with Crippen LogP contribution in [0.1, 0.15) is 45.4 Å². The Kier molecular flexibility index (Phi) is 7.47. The summed E-state index contributed by atoms with van der Waals surface area (Å²) in [4.78, 5) is 11.2. The highest BCUT2D eigenvalue weighted by Crippen LogP contribution is 2.27. The van der Waals surface area contributed by atoms with E-state index in [4.69, 9.17) is 0 Å². The van der Waals surface area contributed by atoms with E-state index >= 15 is 0 Å². The third-order valence-electron chi connectivity index (χ3n) is 2.83. The monoisotopic (exact) mass is 244 g/mol. The number of urea groups is 1. The van der Waals surface area contributed by atoms with Gasteiger partial charge in [0.05, 0.1) is 0 Å². The number of nitrogens with one attached hydrogen (secondary N) is 2. The highest BCUT2D eigenvalue weighted by atomic mass is 32.2. The smallest absolute Gasteiger partial charge is 0.314 e. The molecule has 0 aromatic rings. The van der Waals surface area contributed by atoms with Crippen molar-refractivity contribution in [3.63, 3.8) is 0 Å². The van der Waals surface area contributed by atoms with E-state index in [0.29, 0.717) is 0 Å². The largest absolute Gasteiger partial charge is 0.338 e. The van der Waals surface area contributed by atoms with Crippen LogP contribution in [0.25, 0.3) is 0 Å². The SMILES string of the molecule is CCCNC(=O)NCCSC1CCCCC1. The molecule has 1 rings (SSSR count). The fraction of sp³-hybridized carbons (Fsp3) is 0.917. The van der Waals surface area contributed by atoms with Gasteiger partial charge in [-0.1, -0.05) is 26.2 Å². The molecule has 2 N–H and O–H groups in total.